The fourth-order valence-electron chi connectivity index (χ4n) is 2.84. The van der Waals surface area contributed by atoms with Crippen molar-refractivity contribution in [3.63, 3.8) is 0 Å². The van der Waals surface area contributed by atoms with Crippen LogP contribution in [0.5, 0.6) is 23.0 Å². The minimum Gasteiger partial charge on any atom is -0.528 e. The average molecular weight is 374 g/mol. The van der Waals surface area contributed by atoms with Crippen LogP contribution in [0.3, 0.4) is 0 Å². The lowest BCUT2D eigenvalue weighted by atomic mass is 10.1. The summed E-state index contributed by atoms with van der Waals surface area (Å²) < 4.78 is 32.6. The highest BCUT2D eigenvalue weighted by molar-refractivity contribution is 6.21. The first kappa shape index (κ1) is 20.9. The fraction of sp³-hybridized carbons (Fsp3) is 0.400. The van der Waals surface area contributed by atoms with E-state index in [0.717, 1.165) is 45.3 Å². The van der Waals surface area contributed by atoms with E-state index in [1.807, 2.05) is 52.0 Å². The maximum absolute atomic E-state index is 5.88. The predicted molar refractivity (Wildman–Crippen MR) is 105 cm³/mol. The molecule has 0 amide bonds. The molecule has 0 radical (unpaired) electrons. The Kier molecular flexibility index (Phi) is 7.82. The van der Waals surface area contributed by atoms with Crippen molar-refractivity contribution in [3.8, 4) is 23.0 Å². The molecule has 0 N–H and O–H groups in total. The zero-order chi connectivity index (χ0) is 19.8. The van der Waals surface area contributed by atoms with Crippen molar-refractivity contribution >= 4 is 7.69 Å². The molecule has 2 rings (SSSR count). The number of benzene rings is 2. The van der Waals surface area contributed by atoms with Gasteiger partial charge in [0.05, 0.1) is 0 Å². The molecule has 146 valence electrons. The van der Waals surface area contributed by atoms with Crippen LogP contribution in [0.15, 0.2) is 24.3 Å². The van der Waals surface area contributed by atoms with E-state index < -0.39 is 0 Å². The first-order chi connectivity index (χ1) is 13.0. The second-order valence-electron chi connectivity index (χ2n) is 6.28. The highest BCUT2D eigenvalue weighted by Crippen LogP contribution is 2.30. The summed E-state index contributed by atoms with van der Waals surface area (Å²) in [4.78, 5) is 0. The van der Waals surface area contributed by atoms with Crippen molar-refractivity contribution in [3.05, 3.63) is 46.5 Å². The van der Waals surface area contributed by atoms with Gasteiger partial charge in [-0.05, 0) is 74.2 Å². The maximum atomic E-state index is 5.88. The van der Waals surface area contributed by atoms with E-state index in [1.54, 1.807) is 14.2 Å². The van der Waals surface area contributed by atoms with Crippen LogP contribution in [-0.4, -0.2) is 35.5 Å². The van der Waals surface area contributed by atoms with Gasteiger partial charge in [0.2, 0.25) is 0 Å². The first-order valence-corrected chi connectivity index (χ1v) is 8.67. The summed E-state index contributed by atoms with van der Waals surface area (Å²) in [5.74, 6) is 3.07. The quantitative estimate of drug-likeness (QED) is 0.468. The number of methoxy groups -OCH3 is 2. The second kappa shape index (κ2) is 10.1. The van der Waals surface area contributed by atoms with Crippen molar-refractivity contribution in [2.75, 3.05) is 27.8 Å². The summed E-state index contributed by atoms with van der Waals surface area (Å²) >= 11 is 0. The van der Waals surface area contributed by atoms with Gasteiger partial charge in [-0.2, -0.15) is 0 Å². The summed E-state index contributed by atoms with van der Waals surface area (Å²) in [7, 11) is 3.30. The Balaban J connectivity index is 2.02. The number of aryl methyl sites for hydroxylation is 4. The van der Waals surface area contributed by atoms with Gasteiger partial charge in [0.15, 0.2) is 13.6 Å². The molecule has 0 aliphatic carbocycles. The molecule has 27 heavy (non-hydrogen) atoms. The van der Waals surface area contributed by atoms with Crippen LogP contribution in [0.2, 0.25) is 0 Å². The molecule has 0 saturated heterocycles. The third-order valence-corrected chi connectivity index (χ3v) is 3.96. The standard InChI is InChI=1S/C20H27BO6/c1-13-7-17(24-11-22-5)8-14(2)19(13)26-21-27-20-15(3)9-18(10-16(20)4)25-12-23-6/h7-10,21H,11-12H2,1-6H3. The zero-order valence-corrected chi connectivity index (χ0v) is 16.9. The molecule has 6 nitrogen and oxygen atoms in total. The summed E-state index contributed by atoms with van der Waals surface area (Å²) in [5, 5.41) is 0. The Labute approximate surface area is 161 Å². The van der Waals surface area contributed by atoms with E-state index in [1.165, 1.54) is 0 Å². The summed E-state index contributed by atoms with van der Waals surface area (Å²) in [6, 6.07) is 7.67. The number of ether oxygens (including phenoxy) is 4. The number of rotatable bonds is 10. The minimum atomic E-state index is 0.111. The second-order valence-corrected chi connectivity index (χ2v) is 6.28. The van der Waals surface area contributed by atoms with Gasteiger partial charge in [-0.1, -0.05) is 0 Å². The Morgan fingerprint density at radius 3 is 1.26 bits per heavy atom. The van der Waals surface area contributed by atoms with E-state index in [-0.39, 0.29) is 21.3 Å². The van der Waals surface area contributed by atoms with Crippen LogP contribution in [0, 0.1) is 27.7 Å². The molecule has 2 aromatic rings. The molecule has 0 saturated carbocycles. The summed E-state index contributed by atoms with van der Waals surface area (Å²) in [6.07, 6.45) is 0. The Bertz CT molecular complexity index is 653. The van der Waals surface area contributed by atoms with Gasteiger partial charge in [-0.3, -0.25) is 0 Å². The molecule has 0 aliphatic rings. The third-order valence-electron chi connectivity index (χ3n) is 3.96. The molecular weight excluding hydrogens is 347 g/mol. The SMILES string of the molecule is COCOc1cc(C)c(OBOc2c(C)cc(OCOC)cc2C)c(C)c1. The van der Waals surface area contributed by atoms with Crippen LogP contribution >= 0.6 is 0 Å². The lowest BCUT2D eigenvalue weighted by molar-refractivity contribution is 0.0508. The van der Waals surface area contributed by atoms with Gasteiger partial charge >= 0.3 is 7.69 Å². The molecule has 0 aromatic heterocycles. The van der Waals surface area contributed by atoms with Crippen LogP contribution in [0.25, 0.3) is 0 Å². The van der Waals surface area contributed by atoms with Crippen LogP contribution in [-0.2, 0) is 9.47 Å². The topological polar surface area (TPSA) is 55.4 Å². The Hall–Kier alpha value is -2.38. The molecule has 0 atom stereocenters. The fourth-order valence-corrected chi connectivity index (χ4v) is 2.84. The molecule has 0 unspecified atom stereocenters. The summed E-state index contributed by atoms with van der Waals surface area (Å²) in [6.45, 7) is 8.32. The lowest BCUT2D eigenvalue weighted by Gasteiger charge is -2.17. The lowest BCUT2D eigenvalue weighted by Crippen LogP contribution is -2.14. The predicted octanol–water partition coefficient (Wildman–Crippen LogP) is 3.61. The van der Waals surface area contributed by atoms with Crippen molar-refractivity contribution < 1.29 is 28.3 Å². The highest BCUT2D eigenvalue weighted by Gasteiger charge is 2.12. The van der Waals surface area contributed by atoms with Gasteiger partial charge < -0.3 is 28.3 Å². The molecular formula is C20H27BO6. The van der Waals surface area contributed by atoms with E-state index in [2.05, 4.69) is 0 Å². The largest absolute Gasteiger partial charge is 0.576 e. The van der Waals surface area contributed by atoms with E-state index in [9.17, 15) is 0 Å². The van der Waals surface area contributed by atoms with Gasteiger partial charge in [0.1, 0.15) is 23.0 Å². The average Bonchev–Trinajstić information content (AvgIpc) is 2.62. The Morgan fingerprint density at radius 1 is 0.630 bits per heavy atom. The molecule has 2 aromatic carbocycles. The number of hydrogen-bond acceptors (Lipinski definition) is 6. The van der Waals surface area contributed by atoms with Crippen LogP contribution in [0.1, 0.15) is 22.3 Å². The van der Waals surface area contributed by atoms with Gasteiger partial charge in [-0.25, -0.2) is 0 Å². The van der Waals surface area contributed by atoms with Crippen LogP contribution < -0.4 is 18.8 Å². The molecule has 0 fully saturated rings. The van der Waals surface area contributed by atoms with Gasteiger partial charge in [0, 0.05) is 14.2 Å². The van der Waals surface area contributed by atoms with E-state index in [0.29, 0.717) is 0 Å². The van der Waals surface area contributed by atoms with Crippen molar-refractivity contribution in [1.82, 2.24) is 0 Å². The monoisotopic (exact) mass is 374 g/mol. The normalized spacial score (nSPS) is 10.4. The van der Waals surface area contributed by atoms with Gasteiger partial charge in [-0.15, -0.1) is 0 Å². The Morgan fingerprint density at radius 2 is 0.963 bits per heavy atom. The molecule has 0 spiro atoms. The molecule has 7 heteroatoms. The maximum Gasteiger partial charge on any atom is 0.576 e. The highest BCUT2D eigenvalue weighted by atomic mass is 16.7. The third kappa shape index (κ3) is 5.81. The first-order valence-electron chi connectivity index (χ1n) is 8.67. The number of hydrogen-bond donors (Lipinski definition) is 0. The van der Waals surface area contributed by atoms with Crippen molar-refractivity contribution in [2.24, 2.45) is 0 Å². The minimum absolute atomic E-state index is 0.111. The molecule has 0 aliphatic heterocycles. The van der Waals surface area contributed by atoms with Gasteiger partial charge in [0.25, 0.3) is 0 Å². The molecule has 0 bridgehead atoms. The molecule has 0 heterocycles. The van der Waals surface area contributed by atoms with Crippen molar-refractivity contribution in [1.29, 1.82) is 0 Å². The van der Waals surface area contributed by atoms with E-state index >= 15 is 0 Å². The summed E-state index contributed by atoms with van der Waals surface area (Å²) in [5.41, 5.74) is 3.89. The van der Waals surface area contributed by atoms with Crippen molar-refractivity contribution in [2.45, 2.75) is 27.7 Å². The zero-order valence-electron chi connectivity index (χ0n) is 16.9. The van der Waals surface area contributed by atoms with Crippen LogP contribution in [0.4, 0.5) is 0 Å². The smallest absolute Gasteiger partial charge is 0.528 e. The van der Waals surface area contributed by atoms with E-state index in [4.69, 9.17) is 28.3 Å².